The molecule has 1 aliphatic heterocycles. The summed E-state index contributed by atoms with van der Waals surface area (Å²) in [7, 11) is -3.81. The number of aryl methyl sites for hydroxylation is 1. The highest BCUT2D eigenvalue weighted by Gasteiger charge is 2.27. The number of carbonyl (C=O) groups excluding carboxylic acids is 1. The van der Waals surface area contributed by atoms with E-state index < -0.39 is 16.1 Å². The molecule has 1 aliphatic rings. The van der Waals surface area contributed by atoms with E-state index in [2.05, 4.69) is 20.2 Å². The summed E-state index contributed by atoms with van der Waals surface area (Å²) < 4.78 is 38.6. The number of anilines is 2. The third-order valence-corrected chi connectivity index (χ3v) is 6.69. The minimum Gasteiger partial charge on any atom is -0.485 e. The van der Waals surface area contributed by atoms with Gasteiger partial charge >= 0.3 is 0 Å². The molecule has 0 saturated heterocycles. The van der Waals surface area contributed by atoms with Crippen LogP contribution in [0.15, 0.2) is 53.4 Å². The maximum atomic E-state index is 12.5. The van der Waals surface area contributed by atoms with Crippen LogP contribution in [0.4, 0.5) is 10.8 Å². The van der Waals surface area contributed by atoms with E-state index in [0.717, 1.165) is 5.01 Å². The topological polar surface area (TPSA) is 120 Å². The van der Waals surface area contributed by atoms with Gasteiger partial charge in [0.1, 0.15) is 11.6 Å². The monoisotopic (exact) mass is 446 g/mol. The summed E-state index contributed by atoms with van der Waals surface area (Å²) in [6.07, 6.45) is -0.134. The van der Waals surface area contributed by atoms with Crippen LogP contribution in [0.2, 0.25) is 0 Å². The number of hydrogen-bond donors (Lipinski definition) is 2. The number of nitrogens with zero attached hydrogens (tertiary/aromatic N) is 2. The highest BCUT2D eigenvalue weighted by atomic mass is 32.2. The van der Waals surface area contributed by atoms with E-state index in [1.165, 1.54) is 35.6 Å². The Hall–Kier alpha value is -3.18. The first kappa shape index (κ1) is 20.1. The molecule has 3 aromatic rings. The summed E-state index contributed by atoms with van der Waals surface area (Å²) in [4.78, 5) is 12.5. The van der Waals surface area contributed by atoms with Crippen molar-refractivity contribution >= 4 is 38.1 Å². The van der Waals surface area contributed by atoms with Crippen LogP contribution >= 0.6 is 11.3 Å². The molecule has 0 bridgehead atoms. The van der Waals surface area contributed by atoms with Gasteiger partial charge in [0, 0.05) is 5.69 Å². The van der Waals surface area contributed by atoms with Crippen LogP contribution in [0, 0.1) is 0 Å². The number of hydrogen-bond acceptors (Lipinski definition) is 8. The molecule has 156 valence electrons. The second-order valence-corrected chi connectivity index (χ2v) is 9.08. The van der Waals surface area contributed by atoms with Gasteiger partial charge in [-0.1, -0.05) is 30.4 Å². The normalized spacial score (nSPS) is 15.4. The van der Waals surface area contributed by atoms with Crippen molar-refractivity contribution in [2.75, 3.05) is 16.6 Å². The first-order valence-electron chi connectivity index (χ1n) is 9.09. The molecule has 0 fully saturated rings. The molecule has 2 heterocycles. The zero-order chi connectivity index (χ0) is 21.1. The molecule has 30 heavy (non-hydrogen) atoms. The summed E-state index contributed by atoms with van der Waals surface area (Å²) in [5, 5.41) is 11.4. The number of benzene rings is 2. The average molecular weight is 447 g/mol. The van der Waals surface area contributed by atoms with Crippen LogP contribution in [0.1, 0.15) is 11.9 Å². The lowest BCUT2D eigenvalue weighted by molar-refractivity contribution is -0.125. The summed E-state index contributed by atoms with van der Waals surface area (Å²) in [6, 6.07) is 12.9. The van der Waals surface area contributed by atoms with Crippen LogP contribution < -0.4 is 19.5 Å². The first-order chi connectivity index (χ1) is 14.4. The highest BCUT2D eigenvalue weighted by Crippen LogP contribution is 2.31. The van der Waals surface area contributed by atoms with Crippen LogP contribution in [-0.4, -0.2) is 37.2 Å². The van der Waals surface area contributed by atoms with E-state index in [0.29, 0.717) is 23.6 Å². The molecule has 9 nitrogen and oxygen atoms in total. The van der Waals surface area contributed by atoms with Gasteiger partial charge < -0.3 is 14.8 Å². The Morgan fingerprint density at radius 2 is 1.87 bits per heavy atom. The van der Waals surface area contributed by atoms with Crippen molar-refractivity contribution in [1.82, 2.24) is 10.2 Å². The van der Waals surface area contributed by atoms with Crippen molar-refractivity contribution in [2.45, 2.75) is 24.3 Å². The van der Waals surface area contributed by atoms with E-state index in [-0.39, 0.29) is 22.5 Å². The van der Waals surface area contributed by atoms with Gasteiger partial charge in [0.2, 0.25) is 11.2 Å². The predicted molar refractivity (Wildman–Crippen MR) is 112 cm³/mol. The molecule has 1 unspecified atom stereocenters. The minimum absolute atomic E-state index is 0.0416. The van der Waals surface area contributed by atoms with Crippen LogP contribution in [-0.2, 0) is 21.2 Å². The third-order valence-electron chi connectivity index (χ3n) is 4.22. The van der Waals surface area contributed by atoms with Crippen molar-refractivity contribution < 1.29 is 22.7 Å². The minimum atomic E-state index is -3.81. The Morgan fingerprint density at radius 1 is 1.13 bits per heavy atom. The molecule has 2 aromatic carbocycles. The SMILES string of the molecule is CCc1nnc(NS(=O)(=O)c2ccc(NC(=O)C3COc4ccccc4O3)cc2)s1. The summed E-state index contributed by atoms with van der Waals surface area (Å²) in [5.74, 6) is 0.698. The molecule has 0 spiro atoms. The first-order valence-corrected chi connectivity index (χ1v) is 11.4. The number of aromatic nitrogens is 2. The van der Waals surface area contributed by atoms with Gasteiger partial charge in [0.05, 0.1) is 4.90 Å². The van der Waals surface area contributed by atoms with Crippen molar-refractivity contribution in [3.05, 3.63) is 53.5 Å². The Morgan fingerprint density at radius 3 is 2.57 bits per heavy atom. The number of sulfonamides is 1. The predicted octanol–water partition coefficient (Wildman–Crippen LogP) is 2.68. The molecule has 0 radical (unpaired) electrons. The smallest absolute Gasteiger partial charge is 0.269 e. The van der Waals surface area contributed by atoms with Crippen molar-refractivity contribution in [1.29, 1.82) is 0 Å². The van der Waals surface area contributed by atoms with Gasteiger partial charge in [0.15, 0.2) is 11.5 Å². The van der Waals surface area contributed by atoms with E-state index >= 15 is 0 Å². The van der Waals surface area contributed by atoms with Gasteiger partial charge in [-0.25, -0.2) is 8.42 Å². The molecule has 4 rings (SSSR count). The Balaban J connectivity index is 1.40. The Kier molecular flexibility index (Phi) is 5.55. The lowest BCUT2D eigenvalue weighted by Crippen LogP contribution is -2.40. The zero-order valence-corrected chi connectivity index (χ0v) is 17.5. The fourth-order valence-corrected chi connectivity index (χ4v) is 4.61. The van der Waals surface area contributed by atoms with E-state index in [4.69, 9.17) is 9.47 Å². The van der Waals surface area contributed by atoms with E-state index in [1.807, 2.05) is 13.0 Å². The van der Waals surface area contributed by atoms with Crippen LogP contribution in [0.25, 0.3) is 0 Å². The van der Waals surface area contributed by atoms with Crippen LogP contribution in [0.3, 0.4) is 0 Å². The molecule has 0 saturated carbocycles. The maximum Gasteiger partial charge on any atom is 0.269 e. The standard InChI is InChI=1S/C19H18N4O5S2/c1-2-17-21-22-19(29-17)23-30(25,26)13-9-7-12(8-10-13)20-18(24)16-11-27-14-5-3-4-6-15(14)28-16/h3-10,16H,2,11H2,1H3,(H,20,24)(H,22,23). The number of fused-ring (bicyclic) bond motifs is 1. The summed E-state index contributed by atoms with van der Waals surface area (Å²) >= 11 is 1.18. The molecular formula is C19H18N4O5S2. The second kappa shape index (κ2) is 8.28. The lowest BCUT2D eigenvalue weighted by atomic mass is 10.2. The van der Waals surface area contributed by atoms with Crippen LogP contribution in [0.5, 0.6) is 11.5 Å². The number of rotatable bonds is 6. The quantitative estimate of drug-likeness (QED) is 0.597. The van der Waals surface area contributed by atoms with Gasteiger partial charge in [-0.05, 0) is 42.8 Å². The Bertz CT molecular complexity index is 1160. The average Bonchev–Trinajstić information content (AvgIpc) is 3.20. The molecular weight excluding hydrogens is 428 g/mol. The molecule has 11 heteroatoms. The van der Waals surface area contributed by atoms with E-state index in [1.54, 1.807) is 18.2 Å². The fraction of sp³-hybridized carbons (Fsp3) is 0.211. The largest absolute Gasteiger partial charge is 0.485 e. The number of nitrogens with one attached hydrogen (secondary N) is 2. The van der Waals surface area contributed by atoms with Crippen molar-refractivity contribution in [3.8, 4) is 11.5 Å². The highest BCUT2D eigenvalue weighted by molar-refractivity contribution is 7.93. The fourth-order valence-electron chi connectivity index (χ4n) is 2.70. The Labute approximate surface area is 177 Å². The molecule has 1 amide bonds. The summed E-state index contributed by atoms with van der Waals surface area (Å²) in [5.41, 5.74) is 0.436. The number of ether oxygens (including phenoxy) is 2. The van der Waals surface area contributed by atoms with Gasteiger partial charge in [0.25, 0.3) is 15.9 Å². The van der Waals surface area contributed by atoms with Crippen molar-refractivity contribution in [2.24, 2.45) is 0 Å². The van der Waals surface area contributed by atoms with E-state index in [9.17, 15) is 13.2 Å². The lowest BCUT2D eigenvalue weighted by Gasteiger charge is -2.25. The summed E-state index contributed by atoms with van der Waals surface area (Å²) in [6.45, 7) is 2.00. The van der Waals surface area contributed by atoms with Gasteiger partial charge in [-0.3, -0.25) is 9.52 Å². The maximum absolute atomic E-state index is 12.5. The molecule has 1 atom stereocenters. The molecule has 0 aliphatic carbocycles. The van der Waals surface area contributed by atoms with Gasteiger partial charge in [-0.2, -0.15) is 0 Å². The third kappa shape index (κ3) is 4.36. The van der Waals surface area contributed by atoms with Crippen molar-refractivity contribution in [3.63, 3.8) is 0 Å². The molecule has 2 N–H and O–H groups in total. The van der Waals surface area contributed by atoms with Gasteiger partial charge in [-0.15, -0.1) is 10.2 Å². The number of carbonyl (C=O) groups is 1. The number of amides is 1. The second-order valence-electron chi connectivity index (χ2n) is 6.34. The zero-order valence-electron chi connectivity index (χ0n) is 15.9. The molecule has 1 aromatic heterocycles. The number of para-hydroxylation sites is 2.